The van der Waals surface area contributed by atoms with Crippen molar-refractivity contribution in [2.24, 2.45) is 0 Å². The first-order valence-electron chi connectivity index (χ1n) is 7.95. The Hall–Kier alpha value is -1.06. The van der Waals surface area contributed by atoms with Gasteiger partial charge < -0.3 is 10.1 Å². The molecule has 1 aliphatic heterocycles. The largest absolute Gasteiger partial charge is 0.494 e. The molecular formula is C17H28N2O. The number of rotatable bonds is 8. The van der Waals surface area contributed by atoms with Crippen molar-refractivity contribution in [1.82, 2.24) is 10.2 Å². The van der Waals surface area contributed by atoms with Crippen LogP contribution >= 0.6 is 0 Å². The highest BCUT2D eigenvalue weighted by Gasteiger charge is 2.28. The van der Waals surface area contributed by atoms with Gasteiger partial charge in [0.15, 0.2) is 0 Å². The number of hydrogen-bond acceptors (Lipinski definition) is 3. The summed E-state index contributed by atoms with van der Waals surface area (Å²) in [5.41, 5.74) is 1.38. The predicted molar refractivity (Wildman–Crippen MR) is 84.3 cm³/mol. The Morgan fingerprint density at radius 2 is 1.90 bits per heavy atom. The predicted octanol–water partition coefficient (Wildman–Crippen LogP) is 3.22. The number of ether oxygens (including phenoxy) is 1. The summed E-state index contributed by atoms with van der Waals surface area (Å²) in [4.78, 5) is 2.62. The Kier molecular flexibility index (Phi) is 5.86. The van der Waals surface area contributed by atoms with Gasteiger partial charge in [0, 0.05) is 25.2 Å². The monoisotopic (exact) mass is 276 g/mol. The molecule has 0 aliphatic carbocycles. The lowest BCUT2D eigenvalue weighted by molar-refractivity contribution is 0.103. The van der Waals surface area contributed by atoms with Crippen LogP contribution < -0.4 is 10.1 Å². The van der Waals surface area contributed by atoms with Gasteiger partial charge in [0.05, 0.1) is 6.61 Å². The minimum absolute atomic E-state index is 0.474. The highest BCUT2D eigenvalue weighted by Crippen LogP contribution is 2.26. The summed E-state index contributed by atoms with van der Waals surface area (Å²) < 4.78 is 5.65. The van der Waals surface area contributed by atoms with Crippen molar-refractivity contribution in [2.45, 2.75) is 45.7 Å². The van der Waals surface area contributed by atoms with E-state index in [1.54, 1.807) is 0 Å². The summed E-state index contributed by atoms with van der Waals surface area (Å²) in [5, 5.41) is 3.38. The molecule has 2 rings (SSSR count). The van der Waals surface area contributed by atoms with Crippen molar-refractivity contribution >= 4 is 0 Å². The molecule has 1 aromatic carbocycles. The molecule has 0 bridgehead atoms. The first kappa shape index (κ1) is 15.3. The molecule has 0 radical (unpaired) electrons. The summed E-state index contributed by atoms with van der Waals surface area (Å²) >= 11 is 0. The molecule has 1 saturated heterocycles. The van der Waals surface area contributed by atoms with Crippen LogP contribution in [0.2, 0.25) is 0 Å². The average molecular weight is 276 g/mol. The van der Waals surface area contributed by atoms with Gasteiger partial charge in [-0.25, -0.2) is 0 Å². The van der Waals surface area contributed by atoms with Gasteiger partial charge in [-0.1, -0.05) is 26.0 Å². The van der Waals surface area contributed by atoms with Gasteiger partial charge in [-0.15, -0.1) is 0 Å². The highest BCUT2D eigenvalue weighted by atomic mass is 16.5. The Bertz CT molecular complexity index is 386. The maximum atomic E-state index is 5.65. The Morgan fingerprint density at radius 3 is 2.40 bits per heavy atom. The van der Waals surface area contributed by atoms with Gasteiger partial charge in [-0.2, -0.15) is 0 Å². The Morgan fingerprint density at radius 1 is 1.20 bits per heavy atom. The zero-order valence-electron chi connectivity index (χ0n) is 13.1. The van der Waals surface area contributed by atoms with Crippen LogP contribution in [-0.2, 0) is 0 Å². The van der Waals surface area contributed by atoms with Crippen LogP contribution in [0.25, 0.3) is 0 Å². The van der Waals surface area contributed by atoms with Crippen molar-refractivity contribution < 1.29 is 4.74 Å². The molecule has 1 atom stereocenters. The second-order valence-electron chi connectivity index (χ2n) is 5.64. The second-order valence-corrected chi connectivity index (χ2v) is 5.64. The van der Waals surface area contributed by atoms with E-state index >= 15 is 0 Å². The zero-order valence-corrected chi connectivity index (χ0v) is 13.1. The maximum absolute atomic E-state index is 5.65. The number of hydrogen-bond donors (Lipinski definition) is 1. The summed E-state index contributed by atoms with van der Waals surface area (Å²) in [6.07, 6.45) is 2.26. The SMILES string of the molecule is CCCOc1ccc(C(C)N(CCC)C2CNC2)cc1. The van der Waals surface area contributed by atoms with E-state index in [0.29, 0.717) is 12.1 Å². The molecule has 1 aromatic rings. The normalized spacial score (nSPS) is 17.0. The van der Waals surface area contributed by atoms with Crippen LogP contribution in [0.4, 0.5) is 0 Å². The molecule has 1 aliphatic rings. The first-order valence-corrected chi connectivity index (χ1v) is 7.95. The fourth-order valence-electron chi connectivity index (χ4n) is 2.71. The van der Waals surface area contributed by atoms with Gasteiger partial charge in [0.2, 0.25) is 0 Å². The van der Waals surface area contributed by atoms with E-state index in [0.717, 1.165) is 31.9 Å². The lowest BCUT2D eigenvalue weighted by Crippen LogP contribution is -2.57. The molecule has 112 valence electrons. The van der Waals surface area contributed by atoms with E-state index in [1.165, 1.54) is 18.5 Å². The molecule has 1 unspecified atom stereocenters. The molecule has 1 fully saturated rings. The van der Waals surface area contributed by atoms with E-state index in [9.17, 15) is 0 Å². The molecule has 0 aromatic heterocycles. The Labute approximate surface area is 123 Å². The quantitative estimate of drug-likeness (QED) is 0.789. The summed E-state index contributed by atoms with van der Waals surface area (Å²) in [6.45, 7) is 10.9. The number of nitrogens with one attached hydrogen (secondary N) is 1. The fraction of sp³-hybridized carbons (Fsp3) is 0.647. The zero-order chi connectivity index (χ0) is 14.4. The highest BCUT2D eigenvalue weighted by molar-refractivity contribution is 5.29. The number of benzene rings is 1. The topological polar surface area (TPSA) is 24.5 Å². The van der Waals surface area contributed by atoms with Crippen LogP contribution in [0, 0.1) is 0 Å². The lowest BCUT2D eigenvalue weighted by Gasteiger charge is -2.42. The third kappa shape index (κ3) is 3.74. The average Bonchev–Trinajstić information content (AvgIpc) is 2.42. The van der Waals surface area contributed by atoms with Crippen molar-refractivity contribution in [1.29, 1.82) is 0 Å². The molecule has 1 heterocycles. The molecular weight excluding hydrogens is 248 g/mol. The summed E-state index contributed by atoms with van der Waals surface area (Å²) in [7, 11) is 0. The lowest BCUT2D eigenvalue weighted by atomic mass is 10.0. The van der Waals surface area contributed by atoms with Crippen molar-refractivity contribution in [3.05, 3.63) is 29.8 Å². The fourth-order valence-corrected chi connectivity index (χ4v) is 2.71. The summed E-state index contributed by atoms with van der Waals surface area (Å²) in [6, 6.07) is 9.80. The minimum Gasteiger partial charge on any atom is -0.494 e. The molecule has 0 amide bonds. The minimum atomic E-state index is 0.474. The van der Waals surface area contributed by atoms with Crippen LogP contribution in [0.15, 0.2) is 24.3 Å². The van der Waals surface area contributed by atoms with Crippen molar-refractivity contribution in [3.8, 4) is 5.75 Å². The van der Waals surface area contributed by atoms with Gasteiger partial charge in [0.1, 0.15) is 5.75 Å². The molecule has 1 N–H and O–H groups in total. The third-order valence-electron chi connectivity index (χ3n) is 4.04. The molecule has 0 saturated carbocycles. The third-order valence-corrected chi connectivity index (χ3v) is 4.04. The van der Waals surface area contributed by atoms with E-state index < -0.39 is 0 Å². The van der Waals surface area contributed by atoms with Gasteiger partial charge in [-0.3, -0.25) is 4.90 Å². The molecule has 3 nitrogen and oxygen atoms in total. The molecule has 20 heavy (non-hydrogen) atoms. The van der Waals surface area contributed by atoms with E-state index in [2.05, 4.69) is 55.3 Å². The standard InChI is InChI=1S/C17H28N2O/c1-4-10-19(16-12-18-13-16)14(3)15-6-8-17(9-7-15)20-11-5-2/h6-9,14,16,18H,4-5,10-13H2,1-3H3. The van der Waals surface area contributed by atoms with Crippen LogP contribution in [0.1, 0.15) is 45.2 Å². The van der Waals surface area contributed by atoms with Crippen LogP contribution in [0.3, 0.4) is 0 Å². The van der Waals surface area contributed by atoms with E-state index in [-0.39, 0.29) is 0 Å². The van der Waals surface area contributed by atoms with Crippen LogP contribution in [0.5, 0.6) is 5.75 Å². The van der Waals surface area contributed by atoms with E-state index in [4.69, 9.17) is 4.74 Å². The van der Waals surface area contributed by atoms with Crippen molar-refractivity contribution in [3.63, 3.8) is 0 Å². The molecule has 0 spiro atoms. The molecule has 3 heteroatoms. The van der Waals surface area contributed by atoms with Crippen molar-refractivity contribution in [2.75, 3.05) is 26.2 Å². The van der Waals surface area contributed by atoms with E-state index in [1.807, 2.05) is 0 Å². The Balaban J connectivity index is 2.00. The van der Waals surface area contributed by atoms with Gasteiger partial charge in [-0.05, 0) is 44.0 Å². The van der Waals surface area contributed by atoms with Gasteiger partial charge >= 0.3 is 0 Å². The second kappa shape index (κ2) is 7.65. The summed E-state index contributed by atoms with van der Waals surface area (Å²) in [5.74, 6) is 0.982. The smallest absolute Gasteiger partial charge is 0.119 e. The first-order chi connectivity index (χ1) is 9.76. The van der Waals surface area contributed by atoms with Crippen LogP contribution in [-0.4, -0.2) is 37.2 Å². The van der Waals surface area contributed by atoms with Gasteiger partial charge in [0.25, 0.3) is 0 Å². The maximum Gasteiger partial charge on any atom is 0.119 e. The number of nitrogens with zero attached hydrogens (tertiary/aromatic N) is 1.